The third-order valence-electron chi connectivity index (χ3n) is 3.41. The highest BCUT2D eigenvalue weighted by Gasteiger charge is 2.34. The molecule has 2 aromatic rings. The zero-order valence-electron chi connectivity index (χ0n) is 11.6. The van der Waals surface area contributed by atoms with Crippen LogP contribution < -0.4 is 11.1 Å². The lowest BCUT2D eigenvalue weighted by Gasteiger charge is -2.14. The van der Waals surface area contributed by atoms with Gasteiger partial charge in [-0.1, -0.05) is 24.3 Å². The SMILES string of the molecule is NC(=O)Nc1cccc(CN2C(=O)c3ccccc3C2=O)c1. The molecule has 0 aliphatic carbocycles. The maximum Gasteiger partial charge on any atom is 0.316 e. The second-order valence-corrected chi connectivity index (χ2v) is 4.93. The van der Waals surface area contributed by atoms with E-state index in [2.05, 4.69) is 5.32 Å². The van der Waals surface area contributed by atoms with E-state index in [9.17, 15) is 14.4 Å². The van der Waals surface area contributed by atoms with Crippen LogP contribution in [0.25, 0.3) is 0 Å². The van der Waals surface area contributed by atoms with E-state index in [1.165, 1.54) is 4.90 Å². The maximum absolute atomic E-state index is 12.3. The monoisotopic (exact) mass is 295 g/mol. The molecule has 1 heterocycles. The van der Waals surface area contributed by atoms with Crippen molar-refractivity contribution in [1.29, 1.82) is 0 Å². The van der Waals surface area contributed by atoms with Crippen LogP contribution in [0.4, 0.5) is 10.5 Å². The van der Waals surface area contributed by atoms with Crippen molar-refractivity contribution in [3.63, 3.8) is 0 Å². The molecule has 0 saturated heterocycles. The number of nitrogens with two attached hydrogens (primary N) is 1. The molecule has 4 amide bonds. The van der Waals surface area contributed by atoms with Crippen molar-refractivity contribution in [2.45, 2.75) is 6.54 Å². The Bertz CT molecular complexity index is 751. The van der Waals surface area contributed by atoms with Gasteiger partial charge in [0.15, 0.2) is 0 Å². The van der Waals surface area contributed by atoms with Gasteiger partial charge in [-0.25, -0.2) is 4.79 Å². The largest absolute Gasteiger partial charge is 0.351 e. The van der Waals surface area contributed by atoms with Crippen LogP contribution in [0.1, 0.15) is 26.3 Å². The van der Waals surface area contributed by atoms with Crippen LogP contribution in [-0.4, -0.2) is 22.7 Å². The van der Waals surface area contributed by atoms with Crippen molar-refractivity contribution in [2.75, 3.05) is 5.32 Å². The third kappa shape index (κ3) is 2.42. The van der Waals surface area contributed by atoms with Gasteiger partial charge in [-0.2, -0.15) is 0 Å². The molecule has 110 valence electrons. The van der Waals surface area contributed by atoms with Gasteiger partial charge in [0.05, 0.1) is 17.7 Å². The number of anilines is 1. The van der Waals surface area contributed by atoms with Crippen LogP contribution in [0.2, 0.25) is 0 Å². The summed E-state index contributed by atoms with van der Waals surface area (Å²) in [6.45, 7) is 0.140. The fourth-order valence-electron chi connectivity index (χ4n) is 2.46. The first-order valence-corrected chi connectivity index (χ1v) is 6.67. The van der Waals surface area contributed by atoms with E-state index in [1.807, 2.05) is 0 Å². The molecule has 1 aliphatic rings. The molecule has 6 heteroatoms. The first kappa shape index (κ1) is 13.8. The van der Waals surface area contributed by atoms with Gasteiger partial charge in [0.25, 0.3) is 11.8 Å². The molecule has 2 aromatic carbocycles. The Balaban J connectivity index is 1.84. The Hall–Kier alpha value is -3.15. The Morgan fingerprint density at radius 2 is 1.64 bits per heavy atom. The molecule has 0 saturated carbocycles. The van der Waals surface area contributed by atoms with Gasteiger partial charge in [-0.15, -0.1) is 0 Å². The van der Waals surface area contributed by atoms with Crippen LogP contribution in [0.5, 0.6) is 0 Å². The highest BCUT2D eigenvalue weighted by Crippen LogP contribution is 2.24. The number of amides is 4. The number of rotatable bonds is 3. The van der Waals surface area contributed by atoms with Crippen molar-refractivity contribution in [2.24, 2.45) is 5.73 Å². The Labute approximate surface area is 126 Å². The first-order valence-electron chi connectivity index (χ1n) is 6.67. The molecule has 0 unspecified atom stereocenters. The molecule has 0 spiro atoms. The van der Waals surface area contributed by atoms with E-state index in [1.54, 1.807) is 48.5 Å². The van der Waals surface area contributed by atoms with Crippen molar-refractivity contribution in [3.8, 4) is 0 Å². The summed E-state index contributed by atoms with van der Waals surface area (Å²) >= 11 is 0. The highest BCUT2D eigenvalue weighted by atomic mass is 16.2. The second-order valence-electron chi connectivity index (χ2n) is 4.93. The van der Waals surface area contributed by atoms with Crippen molar-refractivity contribution < 1.29 is 14.4 Å². The second kappa shape index (κ2) is 5.33. The number of benzene rings is 2. The Morgan fingerprint density at radius 3 is 2.23 bits per heavy atom. The number of primary amides is 1. The van der Waals surface area contributed by atoms with Crippen molar-refractivity contribution in [3.05, 3.63) is 65.2 Å². The number of imide groups is 1. The zero-order chi connectivity index (χ0) is 15.7. The van der Waals surface area contributed by atoms with E-state index in [0.717, 1.165) is 5.56 Å². The van der Waals surface area contributed by atoms with E-state index >= 15 is 0 Å². The lowest BCUT2D eigenvalue weighted by atomic mass is 10.1. The quantitative estimate of drug-likeness (QED) is 0.848. The molecule has 1 aliphatic heterocycles. The van der Waals surface area contributed by atoms with Crippen molar-refractivity contribution >= 4 is 23.5 Å². The Morgan fingerprint density at radius 1 is 1.00 bits per heavy atom. The number of nitrogens with one attached hydrogen (secondary N) is 1. The number of carbonyl (C=O) groups is 3. The van der Waals surface area contributed by atoms with Gasteiger partial charge < -0.3 is 11.1 Å². The number of hydrogen-bond donors (Lipinski definition) is 2. The predicted octanol–water partition coefficient (Wildman–Crippen LogP) is 1.97. The third-order valence-corrected chi connectivity index (χ3v) is 3.41. The fraction of sp³-hybridized carbons (Fsp3) is 0.0625. The summed E-state index contributed by atoms with van der Waals surface area (Å²) < 4.78 is 0. The molecule has 3 N–H and O–H groups in total. The van der Waals surface area contributed by atoms with E-state index in [-0.39, 0.29) is 18.4 Å². The predicted molar refractivity (Wildman–Crippen MR) is 80.3 cm³/mol. The molecule has 0 bridgehead atoms. The van der Waals surface area contributed by atoms with E-state index in [0.29, 0.717) is 16.8 Å². The van der Waals surface area contributed by atoms with Crippen LogP contribution in [-0.2, 0) is 6.54 Å². The van der Waals surface area contributed by atoms with Crippen molar-refractivity contribution in [1.82, 2.24) is 4.90 Å². The summed E-state index contributed by atoms with van der Waals surface area (Å²) in [5, 5.41) is 2.46. The van der Waals surface area contributed by atoms with Crippen LogP contribution in [0, 0.1) is 0 Å². The number of carbonyl (C=O) groups excluding carboxylic acids is 3. The number of fused-ring (bicyclic) bond motifs is 1. The standard InChI is InChI=1S/C16H13N3O3/c17-16(22)18-11-5-3-4-10(8-11)9-19-14(20)12-6-1-2-7-13(12)15(19)21/h1-8H,9H2,(H3,17,18,22). The summed E-state index contributed by atoms with van der Waals surface area (Å²) in [7, 11) is 0. The summed E-state index contributed by atoms with van der Waals surface area (Å²) in [6, 6.07) is 12.9. The highest BCUT2D eigenvalue weighted by molar-refractivity contribution is 6.21. The minimum absolute atomic E-state index is 0.140. The van der Waals surface area contributed by atoms with Crippen LogP contribution >= 0.6 is 0 Å². The minimum Gasteiger partial charge on any atom is -0.351 e. The van der Waals surface area contributed by atoms with Gasteiger partial charge in [-0.05, 0) is 29.8 Å². The lowest BCUT2D eigenvalue weighted by Crippen LogP contribution is -2.29. The molecule has 0 aromatic heterocycles. The maximum atomic E-state index is 12.3. The average Bonchev–Trinajstić information content (AvgIpc) is 2.73. The summed E-state index contributed by atoms with van der Waals surface area (Å²) in [5.74, 6) is -0.622. The van der Waals surface area contributed by atoms with Crippen LogP contribution in [0.15, 0.2) is 48.5 Å². The van der Waals surface area contributed by atoms with Gasteiger partial charge in [0, 0.05) is 5.69 Å². The molecule has 0 fully saturated rings. The molecule has 3 rings (SSSR count). The molecule has 6 nitrogen and oxygen atoms in total. The minimum atomic E-state index is -0.669. The number of urea groups is 1. The summed E-state index contributed by atoms with van der Waals surface area (Å²) in [6.07, 6.45) is 0. The van der Waals surface area contributed by atoms with E-state index in [4.69, 9.17) is 5.73 Å². The van der Waals surface area contributed by atoms with Gasteiger partial charge in [-0.3, -0.25) is 14.5 Å². The average molecular weight is 295 g/mol. The molecule has 22 heavy (non-hydrogen) atoms. The Kier molecular flexibility index (Phi) is 3.34. The molecule has 0 atom stereocenters. The smallest absolute Gasteiger partial charge is 0.316 e. The number of hydrogen-bond acceptors (Lipinski definition) is 3. The lowest BCUT2D eigenvalue weighted by molar-refractivity contribution is 0.0642. The van der Waals surface area contributed by atoms with Gasteiger partial charge in [0.2, 0.25) is 0 Å². The van der Waals surface area contributed by atoms with Gasteiger partial charge in [0.1, 0.15) is 0 Å². The first-order chi connectivity index (χ1) is 10.6. The molecular weight excluding hydrogens is 282 g/mol. The number of nitrogens with zero attached hydrogens (tertiary/aromatic N) is 1. The summed E-state index contributed by atoms with van der Waals surface area (Å²) in [4.78, 5) is 36.6. The fourth-order valence-corrected chi connectivity index (χ4v) is 2.46. The van der Waals surface area contributed by atoms with Crippen LogP contribution in [0.3, 0.4) is 0 Å². The summed E-state index contributed by atoms with van der Waals surface area (Å²) in [5.41, 5.74) is 7.14. The normalized spacial score (nSPS) is 13.2. The van der Waals surface area contributed by atoms with Gasteiger partial charge >= 0.3 is 6.03 Å². The topological polar surface area (TPSA) is 92.5 Å². The molecular formula is C16H13N3O3. The zero-order valence-corrected chi connectivity index (χ0v) is 11.6. The van der Waals surface area contributed by atoms with E-state index < -0.39 is 6.03 Å². The molecule has 0 radical (unpaired) electrons.